The quantitative estimate of drug-likeness (QED) is 0.833. The van der Waals surface area contributed by atoms with Gasteiger partial charge in [0.15, 0.2) is 5.16 Å². The standard InChI is InChI=1S/C12H17N5S/c1-3-9(13)11(10-6-4-5-7-14-10)18-12-15-8-16-17(12)2/h4-9,11H,3,13H2,1-2H3. The van der Waals surface area contributed by atoms with Crippen LogP contribution in [0.3, 0.4) is 0 Å². The monoisotopic (exact) mass is 263 g/mol. The number of pyridine rings is 1. The Labute approximate surface area is 111 Å². The van der Waals surface area contributed by atoms with Gasteiger partial charge in [-0.25, -0.2) is 9.67 Å². The molecule has 2 atom stereocenters. The van der Waals surface area contributed by atoms with Gasteiger partial charge in [-0.3, -0.25) is 4.98 Å². The van der Waals surface area contributed by atoms with Crippen LogP contribution in [-0.2, 0) is 7.05 Å². The van der Waals surface area contributed by atoms with Crippen molar-refractivity contribution in [2.75, 3.05) is 0 Å². The van der Waals surface area contributed by atoms with Crippen molar-refractivity contribution in [2.45, 2.75) is 29.8 Å². The second-order valence-corrected chi connectivity index (χ2v) is 5.14. The van der Waals surface area contributed by atoms with Gasteiger partial charge >= 0.3 is 0 Å². The first kappa shape index (κ1) is 13.0. The minimum Gasteiger partial charge on any atom is -0.326 e. The van der Waals surface area contributed by atoms with Gasteiger partial charge in [-0.05, 0) is 18.6 Å². The van der Waals surface area contributed by atoms with Gasteiger partial charge in [0, 0.05) is 19.3 Å². The van der Waals surface area contributed by atoms with E-state index >= 15 is 0 Å². The summed E-state index contributed by atoms with van der Waals surface area (Å²) >= 11 is 1.61. The summed E-state index contributed by atoms with van der Waals surface area (Å²) in [5, 5.41) is 5.02. The molecule has 5 nitrogen and oxygen atoms in total. The van der Waals surface area contributed by atoms with E-state index < -0.39 is 0 Å². The van der Waals surface area contributed by atoms with Crippen molar-refractivity contribution in [2.24, 2.45) is 12.8 Å². The molecule has 6 heteroatoms. The van der Waals surface area contributed by atoms with Gasteiger partial charge in [0.2, 0.25) is 0 Å². The van der Waals surface area contributed by atoms with E-state index in [0.29, 0.717) is 0 Å². The first-order valence-electron chi connectivity index (χ1n) is 5.89. The van der Waals surface area contributed by atoms with Crippen molar-refractivity contribution < 1.29 is 0 Å². The van der Waals surface area contributed by atoms with E-state index in [4.69, 9.17) is 5.73 Å². The topological polar surface area (TPSA) is 69.6 Å². The molecule has 96 valence electrons. The maximum Gasteiger partial charge on any atom is 0.186 e. The van der Waals surface area contributed by atoms with Gasteiger partial charge in [0.1, 0.15) is 6.33 Å². The van der Waals surface area contributed by atoms with E-state index in [1.807, 2.05) is 25.2 Å². The summed E-state index contributed by atoms with van der Waals surface area (Å²) in [6.45, 7) is 2.08. The molecule has 0 saturated carbocycles. The average Bonchev–Trinajstić information content (AvgIpc) is 2.81. The molecule has 0 spiro atoms. The highest BCUT2D eigenvalue weighted by molar-refractivity contribution is 7.99. The highest BCUT2D eigenvalue weighted by Gasteiger charge is 2.22. The lowest BCUT2D eigenvalue weighted by molar-refractivity contribution is 0.617. The van der Waals surface area contributed by atoms with Crippen LogP contribution in [0.2, 0.25) is 0 Å². The zero-order valence-corrected chi connectivity index (χ0v) is 11.3. The van der Waals surface area contributed by atoms with Crippen LogP contribution in [-0.4, -0.2) is 25.8 Å². The number of thioether (sulfide) groups is 1. The van der Waals surface area contributed by atoms with Crippen molar-refractivity contribution >= 4 is 11.8 Å². The lowest BCUT2D eigenvalue weighted by Gasteiger charge is -2.21. The van der Waals surface area contributed by atoms with Crippen molar-refractivity contribution in [1.82, 2.24) is 19.7 Å². The highest BCUT2D eigenvalue weighted by atomic mass is 32.2. The SMILES string of the molecule is CCC(N)C(Sc1ncnn1C)c1ccccn1. The second-order valence-electron chi connectivity index (χ2n) is 4.03. The van der Waals surface area contributed by atoms with Crippen LogP contribution in [0.15, 0.2) is 35.9 Å². The third-order valence-electron chi connectivity index (χ3n) is 2.74. The fourth-order valence-corrected chi connectivity index (χ4v) is 2.79. The van der Waals surface area contributed by atoms with Gasteiger partial charge in [0.05, 0.1) is 10.9 Å². The van der Waals surface area contributed by atoms with E-state index in [2.05, 4.69) is 22.0 Å². The molecule has 0 aliphatic carbocycles. The molecule has 2 aromatic rings. The molecule has 18 heavy (non-hydrogen) atoms. The van der Waals surface area contributed by atoms with Crippen LogP contribution in [0.4, 0.5) is 0 Å². The molecular weight excluding hydrogens is 246 g/mol. The number of aromatic nitrogens is 4. The largest absolute Gasteiger partial charge is 0.326 e. The van der Waals surface area contributed by atoms with Gasteiger partial charge in [0.25, 0.3) is 0 Å². The van der Waals surface area contributed by atoms with E-state index in [-0.39, 0.29) is 11.3 Å². The number of rotatable bonds is 5. The molecule has 0 aliphatic rings. The number of hydrogen-bond acceptors (Lipinski definition) is 5. The Balaban J connectivity index is 2.24. The maximum absolute atomic E-state index is 6.20. The van der Waals surface area contributed by atoms with Crippen molar-refractivity contribution in [1.29, 1.82) is 0 Å². The Kier molecular flexibility index (Phi) is 4.33. The van der Waals surface area contributed by atoms with Crippen LogP contribution >= 0.6 is 11.8 Å². The first-order valence-corrected chi connectivity index (χ1v) is 6.77. The van der Waals surface area contributed by atoms with Crippen LogP contribution < -0.4 is 5.73 Å². The molecule has 0 aromatic carbocycles. The van der Waals surface area contributed by atoms with Crippen molar-refractivity contribution in [3.05, 3.63) is 36.4 Å². The van der Waals surface area contributed by atoms with Crippen LogP contribution in [0.1, 0.15) is 24.3 Å². The molecule has 0 aliphatic heterocycles. The summed E-state index contributed by atoms with van der Waals surface area (Å²) in [7, 11) is 1.88. The summed E-state index contributed by atoms with van der Waals surface area (Å²) < 4.78 is 1.75. The summed E-state index contributed by atoms with van der Waals surface area (Å²) in [6, 6.07) is 5.94. The molecule has 2 unspecified atom stereocenters. The van der Waals surface area contributed by atoms with Gasteiger partial charge in [-0.2, -0.15) is 5.10 Å². The third kappa shape index (κ3) is 2.88. The number of hydrogen-bond donors (Lipinski definition) is 1. The molecular formula is C12H17N5S. The van der Waals surface area contributed by atoms with E-state index in [1.165, 1.54) is 0 Å². The fourth-order valence-electron chi connectivity index (χ4n) is 1.63. The van der Waals surface area contributed by atoms with Gasteiger partial charge in [-0.1, -0.05) is 24.8 Å². The summed E-state index contributed by atoms with van der Waals surface area (Å²) in [6.07, 6.45) is 4.24. The van der Waals surface area contributed by atoms with Crippen molar-refractivity contribution in [3.63, 3.8) is 0 Å². The van der Waals surface area contributed by atoms with Gasteiger partial charge in [-0.15, -0.1) is 0 Å². The zero-order valence-electron chi connectivity index (χ0n) is 10.5. The molecule has 0 fully saturated rings. The lowest BCUT2D eigenvalue weighted by atomic mass is 10.1. The zero-order chi connectivity index (χ0) is 13.0. The lowest BCUT2D eigenvalue weighted by Crippen LogP contribution is -2.26. The normalized spacial score (nSPS) is 14.4. The molecule has 2 rings (SSSR count). The number of nitrogens with two attached hydrogens (primary N) is 1. The minimum absolute atomic E-state index is 0.0431. The second kappa shape index (κ2) is 5.97. The Bertz CT molecular complexity index is 484. The summed E-state index contributed by atoms with van der Waals surface area (Å²) in [4.78, 5) is 8.63. The van der Waals surface area contributed by atoms with E-state index in [1.54, 1.807) is 29.0 Å². The number of aryl methyl sites for hydroxylation is 1. The van der Waals surface area contributed by atoms with Crippen molar-refractivity contribution in [3.8, 4) is 0 Å². The average molecular weight is 263 g/mol. The predicted octanol–water partition coefficient (Wildman–Crippen LogP) is 1.78. The molecule has 2 heterocycles. The van der Waals surface area contributed by atoms with Crippen LogP contribution in [0.5, 0.6) is 0 Å². The van der Waals surface area contributed by atoms with E-state index in [0.717, 1.165) is 17.3 Å². The number of nitrogens with zero attached hydrogens (tertiary/aromatic N) is 4. The van der Waals surface area contributed by atoms with Crippen LogP contribution in [0, 0.1) is 0 Å². The third-order valence-corrected chi connectivity index (χ3v) is 4.17. The molecule has 2 N–H and O–H groups in total. The summed E-state index contributed by atoms with van der Waals surface area (Å²) in [5.74, 6) is 0. The highest BCUT2D eigenvalue weighted by Crippen LogP contribution is 2.35. The smallest absolute Gasteiger partial charge is 0.186 e. The Hall–Kier alpha value is -1.40. The Morgan fingerprint density at radius 2 is 2.22 bits per heavy atom. The Morgan fingerprint density at radius 1 is 1.39 bits per heavy atom. The van der Waals surface area contributed by atoms with Gasteiger partial charge < -0.3 is 5.73 Å². The summed E-state index contributed by atoms with van der Waals surface area (Å²) in [5.41, 5.74) is 7.18. The Morgan fingerprint density at radius 3 is 2.78 bits per heavy atom. The minimum atomic E-state index is 0.0431. The maximum atomic E-state index is 6.20. The first-order chi connectivity index (χ1) is 8.72. The van der Waals surface area contributed by atoms with Crippen LogP contribution in [0.25, 0.3) is 0 Å². The molecule has 0 radical (unpaired) electrons. The predicted molar refractivity (Wildman–Crippen MR) is 72.1 cm³/mol. The fraction of sp³-hybridized carbons (Fsp3) is 0.417. The van der Waals surface area contributed by atoms with E-state index in [9.17, 15) is 0 Å². The molecule has 0 bridgehead atoms. The molecule has 0 saturated heterocycles. The molecule has 0 amide bonds. The molecule has 2 aromatic heterocycles.